The van der Waals surface area contributed by atoms with E-state index in [9.17, 15) is 9.18 Å². The normalized spacial score (nSPS) is 10.7. The van der Waals surface area contributed by atoms with Crippen LogP contribution in [-0.2, 0) is 6.54 Å². The van der Waals surface area contributed by atoms with Crippen molar-refractivity contribution < 1.29 is 14.3 Å². The van der Waals surface area contributed by atoms with Crippen molar-refractivity contribution in [2.24, 2.45) is 0 Å². The van der Waals surface area contributed by atoms with Crippen LogP contribution in [0, 0.1) is 5.82 Å². The minimum atomic E-state index is -1.28. The Morgan fingerprint density at radius 2 is 2.24 bits per heavy atom. The number of nitrogens with zero attached hydrogens (tertiary/aromatic N) is 1. The van der Waals surface area contributed by atoms with Crippen molar-refractivity contribution >= 4 is 22.7 Å². The summed E-state index contributed by atoms with van der Waals surface area (Å²) in [5, 5.41) is 13.0. The number of pyridine rings is 1. The largest absolute Gasteiger partial charge is 0.478 e. The van der Waals surface area contributed by atoms with Crippen LogP contribution in [0.4, 0.5) is 10.1 Å². The van der Waals surface area contributed by atoms with E-state index in [0.29, 0.717) is 12.2 Å². The zero-order valence-corrected chi connectivity index (χ0v) is 10.9. The summed E-state index contributed by atoms with van der Waals surface area (Å²) < 4.78 is 13.3. The van der Waals surface area contributed by atoms with Crippen LogP contribution in [0.5, 0.6) is 0 Å². The second kappa shape index (κ2) is 5.24. The van der Waals surface area contributed by atoms with Crippen LogP contribution in [0.3, 0.4) is 0 Å². The van der Waals surface area contributed by atoms with E-state index in [2.05, 4.69) is 15.3 Å². The van der Waals surface area contributed by atoms with Gasteiger partial charge in [-0.2, -0.15) is 0 Å². The molecule has 21 heavy (non-hydrogen) atoms. The summed E-state index contributed by atoms with van der Waals surface area (Å²) in [6.45, 7) is 0.483. The molecule has 0 amide bonds. The predicted octanol–water partition coefficient (Wildman–Crippen LogP) is 3.01. The van der Waals surface area contributed by atoms with Crippen LogP contribution in [0.15, 0.2) is 42.7 Å². The first-order valence-electron chi connectivity index (χ1n) is 6.33. The second-order valence-corrected chi connectivity index (χ2v) is 4.57. The van der Waals surface area contributed by atoms with Gasteiger partial charge in [0.05, 0.1) is 5.56 Å². The number of H-pyrrole nitrogens is 1. The van der Waals surface area contributed by atoms with Crippen molar-refractivity contribution in [1.29, 1.82) is 0 Å². The third-order valence-electron chi connectivity index (χ3n) is 3.22. The fourth-order valence-corrected chi connectivity index (χ4v) is 2.16. The van der Waals surface area contributed by atoms with Crippen molar-refractivity contribution in [3.05, 3.63) is 59.7 Å². The molecule has 0 radical (unpaired) electrons. The number of hydrogen-bond acceptors (Lipinski definition) is 3. The van der Waals surface area contributed by atoms with Crippen molar-refractivity contribution in [2.45, 2.75) is 6.54 Å². The monoisotopic (exact) mass is 285 g/mol. The Morgan fingerprint density at radius 1 is 1.38 bits per heavy atom. The lowest BCUT2D eigenvalue weighted by Crippen LogP contribution is -2.04. The number of carboxylic acids is 1. The van der Waals surface area contributed by atoms with Crippen LogP contribution < -0.4 is 5.32 Å². The Hall–Kier alpha value is -2.89. The second-order valence-electron chi connectivity index (χ2n) is 4.57. The van der Waals surface area contributed by atoms with E-state index in [1.807, 2.05) is 18.3 Å². The number of fused-ring (bicyclic) bond motifs is 1. The van der Waals surface area contributed by atoms with Gasteiger partial charge >= 0.3 is 5.97 Å². The maximum Gasteiger partial charge on any atom is 0.338 e. The van der Waals surface area contributed by atoms with E-state index < -0.39 is 11.8 Å². The number of benzene rings is 1. The summed E-state index contributed by atoms with van der Waals surface area (Å²) in [5.41, 5.74) is 1.99. The fourth-order valence-electron chi connectivity index (χ4n) is 2.16. The molecule has 3 N–H and O–H groups in total. The third-order valence-corrected chi connectivity index (χ3v) is 3.22. The Balaban J connectivity index is 1.82. The fraction of sp³-hybridized carbons (Fsp3) is 0.0667. The molecule has 1 aromatic carbocycles. The van der Waals surface area contributed by atoms with Gasteiger partial charge in [0.25, 0.3) is 0 Å². The van der Waals surface area contributed by atoms with Gasteiger partial charge in [0.2, 0.25) is 0 Å². The summed E-state index contributed by atoms with van der Waals surface area (Å²) in [7, 11) is 0. The van der Waals surface area contributed by atoms with E-state index in [1.54, 1.807) is 6.20 Å². The molecule has 0 aliphatic heterocycles. The molecule has 0 spiro atoms. The van der Waals surface area contributed by atoms with E-state index in [4.69, 9.17) is 5.11 Å². The first kappa shape index (κ1) is 13.1. The molecule has 106 valence electrons. The molecule has 0 atom stereocenters. The summed E-state index contributed by atoms with van der Waals surface area (Å²) in [6.07, 6.45) is 3.54. The first-order chi connectivity index (χ1) is 10.1. The van der Waals surface area contributed by atoms with Gasteiger partial charge in [-0.05, 0) is 35.9 Å². The lowest BCUT2D eigenvalue weighted by molar-refractivity contribution is 0.0692. The maximum atomic E-state index is 13.3. The minimum absolute atomic E-state index is 0.347. The molecule has 6 heteroatoms. The topological polar surface area (TPSA) is 78.0 Å². The van der Waals surface area contributed by atoms with Crippen LogP contribution >= 0.6 is 0 Å². The Morgan fingerprint density at radius 3 is 3.05 bits per heavy atom. The molecule has 0 aliphatic rings. The van der Waals surface area contributed by atoms with Gasteiger partial charge in [-0.15, -0.1) is 0 Å². The van der Waals surface area contributed by atoms with Crippen LogP contribution in [0.1, 0.15) is 15.9 Å². The standard InChI is InChI=1S/C15H12FN3O2/c16-13-4-3-10(6-12(13)15(20)21)18-7-9-8-19-14-11(9)2-1-5-17-14/h1-6,8,18H,7H2,(H,17,19)(H,20,21). The number of hydrogen-bond donors (Lipinski definition) is 3. The van der Waals surface area contributed by atoms with Crippen LogP contribution in [-0.4, -0.2) is 21.0 Å². The Kier molecular flexibility index (Phi) is 3.27. The van der Waals surface area contributed by atoms with Crippen molar-refractivity contribution in [1.82, 2.24) is 9.97 Å². The molecular weight excluding hydrogens is 273 g/mol. The van der Waals surface area contributed by atoms with Gasteiger partial charge in [0, 0.05) is 30.0 Å². The summed E-state index contributed by atoms with van der Waals surface area (Å²) in [5.74, 6) is -2.03. The smallest absolute Gasteiger partial charge is 0.338 e. The molecule has 5 nitrogen and oxygen atoms in total. The number of nitrogens with one attached hydrogen (secondary N) is 2. The molecule has 0 bridgehead atoms. The molecule has 0 aliphatic carbocycles. The highest BCUT2D eigenvalue weighted by Gasteiger charge is 2.11. The number of carboxylic acid groups (broad SMARTS) is 1. The van der Waals surface area contributed by atoms with E-state index in [1.165, 1.54) is 12.1 Å². The zero-order chi connectivity index (χ0) is 14.8. The molecule has 0 fully saturated rings. The van der Waals surface area contributed by atoms with Gasteiger partial charge in [-0.1, -0.05) is 0 Å². The van der Waals surface area contributed by atoms with Gasteiger partial charge in [0.1, 0.15) is 11.5 Å². The highest BCUT2D eigenvalue weighted by atomic mass is 19.1. The van der Waals surface area contributed by atoms with Gasteiger partial charge < -0.3 is 15.4 Å². The number of aromatic nitrogens is 2. The SMILES string of the molecule is O=C(O)c1cc(NCc2c[nH]c3ncccc23)ccc1F. The molecule has 0 saturated heterocycles. The van der Waals surface area contributed by atoms with E-state index in [-0.39, 0.29) is 5.56 Å². The number of carbonyl (C=O) groups is 1. The molecule has 0 saturated carbocycles. The van der Waals surface area contributed by atoms with Gasteiger partial charge in [0.15, 0.2) is 0 Å². The lowest BCUT2D eigenvalue weighted by Gasteiger charge is -2.07. The number of anilines is 1. The molecule has 2 heterocycles. The van der Waals surface area contributed by atoms with Crippen molar-refractivity contribution in [2.75, 3.05) is 5.32 Å². The number of halogens is 1. The number of aromatic amines is 1. The molecule has 3 aromatic rings. The quantitative estimate of drug-likeness (QED) is 0.688. The zero-order valence-electron chi connectivity index (χ0n) is 10.9. The highest BCUT2D eigenvalue weighted by Crippen LogP contribution is 2.19. The average molecular weight is 285 g/mol. The predicted molar refractivity (Wildman–Crippen MR) is 76.8 cm³/mol. The minimum Gasteiger partial charge on any atom is -0.478 e. The van der Waals surface area contributed by atoms with Crippen molar-refractivity contribution in [3.63, 3.8) is 0 Å². The van der Waals surface area contributed by atoms with Gasteiger partial charge in [-0.3, -0.25) is 0 Å². The van der Waals surface area contributed by atoms with Gasteiger partial charge in [-0.25, -0.2) is 14.2 Å². The Labute approximate surface area is 119 Å². The molecule has 0 unspecified atom stereocenters. The summed E-state index contributed by atoms with van der Waals surface area (Å²) >= 11 is 0. The number of aromatic carboxylic acids is 1. The molecule has 2 aromatic heterocycles. The number of rotatable bonds is 4. The first-order valence-corrected chi connectivity index (χ1v) is 6.33. The maximum absolute atomic E-state index is 13.3. The summed E-state index contributed by atoms with van der Waals surface area (Å²) in [6, 6.07) is 7.73. The van der Waals surface area contributed by atoms with Crippen molar-refractivity contribution in [3.8, 4) is 0 Å². The third kappa shape index (κ3) is 2.55. The Bertz CT molecular complexity index is 814. The molecular formula is C15H12FN3O2. The highest BCUT2D eigenvalue weighted by molar-refractivity contribution is 5.89. The van der Waals surface area contributed by atoms with E-state index in [0.717, 1.165) is 22.7 Å². The average Bonchev–Trinajstić information content (AvgIpc) is 2.89. The molecule has 3 rings (SSSR count). The van der Waals surface area contributed by atoms with E-state index >= 15 is 0 Å². The van der Waals surface area contributed by atoms with Crippen LogP contribution in [0.25, 0.3) is 11.0 Å². The lowest BCUT2D eigenvalue weighted by atomic mass is 10.1. The van der Waals surface area contributed by atoms with Crippen LogP contribution in [0.2, 0.25) is 0 Å². The summed E-state index contributed by atoms with van der Waals surface area (Å²) in [4.78, 5) is 18.2.